The third-order valence-corrected chi connectivity index (χ3v) is 7.48. The number of nitrogens with zero attached hydrogens (tertiary/aromatic N) is 2. The van der Waals surface area contributed by atoms with Crippen LogP contribution in [0.5, 0.6) is 0 Å². The summed E-state index contributed by atoms with van der Waals surface area (Å²) in [7, 11) is 0. The normalized spacial score (nSPS) is 14.7. The van der Waals surface area contributed by atoms with Gasteiger partial charge in [0, 0.05) is 11.4 Å². The molecule has 0 amide bonds. The second-order valence-corrected chi connectivity index (χ2v) is 10.3. The Bertz CT molecular complexity index is 1590. The van der Waals surface area contributed by atoms with Crippen molar-refractivity contribution in [2.75, 3.05) is 0 Å². The molecular weight excluding hydrogens is 589 g/mol. The smallest absolute Gasteiger partial charge is 0.872 e. The fraction of sp³-hybridized carbons (Fsp3) is 0.167. The maximum absolute atomic E-state index is 12.9. The fourth-order valence-corrected chi connectivity index (χ4v) is 5.24. The van der Waals surface area contributed by atoms with Gasteiger partial charge in [-0.3, -0.25) is 9.98 Å². The Morgan fingerprint density at radius 1 is 0.535 bits per heavy atom. The van der Waals surface area contributed by atoms with Crippen molar-refractivity contribution >= 4 is 34.3 Å². The van der Waals surface area contributed by atoms with Gasteiger partial charge in [-0.05, 0) is 121 Å². The van der Waals surface area contributed by atoms with E-state index < -0.39 is 0 Å². The van der Waals surface area contributed by atoms with E-state index in [1.165, 1.54) is 24.3 Å². The number of hydrogen-bond acceptors (Lipinski definition) is 4. The first-order valence-electron chi connectivity index (χ1n) is 13.9. The summed E-state index contributed by atoms with van der Waals surface area (Å²) >= 11 is 0. The van der Waals surface area contributed by atoms with E-state index in [1.54, 1.807) is 24.3 Å². The van der Waals surface area contributed by atoms with E-state index in [0.717, 1.165) is 46.2 Å². The molecule has 0 aliphatic heterocycles. The topological polar surface area (TPSA) is 70.8 Å². The van der Waals surface area contributed by atoms with Crippen molar-refractivity contribution in [3.05, 3.63) is 142 Å². The molecule has 43 heavy (non-hydrogen) atoms. The zero-order valence-corrected chi connectivity index (χ0v) is 24.8. The molecule has 0 fully saturated rings. The molecule has 0 N–H and O–H groups in total. The number of halogens is 2. The molecule has 0 saturated carbocycles. The van der Waals surface area contributed by atoms with Crippen LogP contribution in [0, 0.1) is 11.6 Å². The summed E-state index contributed by atoms with van der Waals surface area (Å²) in [6.45, 7) is 3.68. The summed E-state index contributed by atoms with van der Waals surface area (Å²) in [5.41, 5.74) is 7.97. The van der Waals surface area contributed by atoms with E-state index in [1.807, 2.05) is 62.4 Å². The molecule has 0 bridgehead atoms. The first-order chi connectivity index (χ1) is 20.3. The maximum Gasteiger partial charge on any atom is 2.00 e. The summed E-state index contributed by atoms with van der Waals surface area (Å²) in [6.07, 6.45) is 3.11. The zero-order valence-electron chi connectivity index (χ0n) is 23.8. The molecular formula is C36H30F2N2NiO2. The predicted molar refractivity (Wildman–Crippen MR) is 162 cm³/mol. The monoisotopic (exact) mass is 618 g/mol. The van der Waals surface area contributed by atoms with Crippen LogP contribution < -0.4 is 10.2 Å². The van der Waals surface area contributed by atoms with Crippen molar-refractivity contribution in [3.8, 4) is 0 Å². The quantitative estimate of drug-likeness (QED) is 0.178. The molecule has 220 valence electrons. The van der Waals surface area contributed by atoms with Gasteiger partial charge in [-0.15, -0.1) is 0 Å². The second kappa shape index (κ2) is 14.2. The van der Waals surface area contributed by atoms with Crippen LogP contribution in [0.15, 0.2) is 118 Å². The number of benzene rings is 4. The van der Waals surface area contributed by atoms with Crippen LogP contribution >= 0.6 is 0 Å². The van der Waals surface area contributed by atoms with E-state index in [9.17, 15) is 19.0 Å². The van der Waals surface area contributed by atoms with Crippen molar-refractivity contribution in [2.24, 2.45) is 9.98 Å². The van der Waals surface area contributed by atoms with E-state index >= 15 is 0 Å². The molecule has 0 unspecified atom stereocenters. The van der Waals surface area contributed by atoms with Gasteiger partial charge in [0.05, 0.1) is 11.4 Å². The van der Waals surface area contributed by atoms with E-state index in [0.29, 0.717) is 35.6 Å². The number of allylic oxidation sites excluding steroid dienone is 2. The molecule has 0 radical (unpaired) electrons. The third kappa shape index (κ3) is 7.54. The van der Waals surface area contributed by atoms with Gasteiger partial charge >= 0.3 is 16.5 Å². The van der Waals surface area contributed by atoms with E-state index in [-0.39, 0.29) is 39.6 Å². The Hall–Kier alpha value is -4.35. The van der Waals surface area contributed by atoms with Gasteiger partial charge < -0.3 is 10.2 Å². The number of aryl methyl sites for hydroxylation is 2. The fourth-order valence-electron chi connectivity index (χ4n) is 5.24. The van der Waals surface area contributed by atoms with Crippen LogP contribution in [0.4, 0.5) is 20.2 Å². The number of aliphatic imine (C=N–C) groups is 2. The van der Waals surface area contributed by atoms with Gasteiger partial charge in [0.15, 0.2) is 0 Å². The van der Waals surface area contributed by atoms with Gasteiger partial charge in [0.25, 0.3) is 0 Å². The van der Waals surface area contributed by atoms with Crippen LogP contribution in [0.25, 0.3) is 11.5 Å². The molecule has 2 aliphatic rings. The summed E-state index contributed by atoms with van der Waals surface area (Å²) in [6, 6.07) is 27.3. The summed E-state index contributed by atoms with van der Waals surface area (Å²) in [5, 5.41) is 25.0. The number of fused-ring (bicyclic) bond motifs is 2. The molecule has 0 saturated heterocycles. The molecule has 0 aromatic heterocycles. The van der Waals surface area contributed by atoms with Gasteiger partial charge in [-0.1, -0.05) is 60.0 Å². The van der Waals surface area contributed by atoms with E-state index in [2.05, 4.69) is 9.98 Å². The van der Waals surface area contributed by atoms with Gasteiger partial charge in [-0.25, -0.2) is 8.78 Å². The van der Waals surface area contributed by atoms with Crippen molar-refractivity contribution in [3.63, 3.8) is 0 Å². The largest absolute Gasteiger partial charge is 2.00 e. The minimum atomic E-state index is -0.290. The third-order valence-electron chi connectivity index (χ3n) is 7.48. The maximum atomic E-state index is 12.9. The molecule has 0 heterocycles. The van der Waals surface area contributed by atoms with Crippen LogP contribution in [0.2, 0.25) is 0 Å². The summed E-state index contributed by atoms with van der Waals surface area (Å²) < 4.78 is 25.8. The molecule has 6 rings (SSSR count). The van der Waals surface area contributed by atoms with Gasteiger partial charge in [0.2, 0.25) is 0 Å². The Morgan fingerprint density at radius 3 is 1.26 bits per heavy atom. The SMILES string of the molecule is CC(=Nc1ccc(F)cc1)C1=C([O-])c2ccccc2CC1.CC(=Nc1ccc(F)cc1)C1=C([O-])c2ccccc2CC1.[Ni+2]. The van der Waals surface area contributed by atoms with Crippen molar-refractivity contribution in [2.45, 2.75) is 39.5 Å². The zero-order chi connectivity index (χ0) is 29.6. The molecule has 0 spiro atoms. The average Bonchev–Trinajstić information content (AvgIpc) is 3.00. The average molecular weight is 619 g/mol. The molecule has 7 heteroatoms. The van der Waals surface area contributed by atoms with Crippen LogP contribution in [-0.2, 0) is 29.3 Å². The van der Waals surface area contributed by atoms with E-state index in [4.69, 9.17) is 0 Å². The van der Waals surface area contributed by atoms with Crippen molar-refractivity contribution in [1.29, 1.82) is 0 Å². The molecule has 0 atom stereocenters. The van der Waals surface area contributed by atoms with Crippen molar-refractivity contribution < 1.29 is 35.5 Å². The summed E-state index contributed by atoms with van der Waals surface area (Å²) in [5.74, 6) is -0.468. The molecule has 2 aliphatic carbocycles. The van der Waals surface area contributed by atoms with Crippen LogP contribution in [-0.4, -0.2) is 11.4 Å². The van der Waals surface area contributed by atoms with Crippen molar-refractivity contribution in [1.82, 2.24) is 0 Å². The van der Waals surface area contributed by atoms with Crippen LogP contribution in [0.3, 0.4) is 0 Å². The Balaban J connectivity index is 0.000000192. The minimum absolute atomic E-state index is 0. The standard InChI is InChI=1S/2C18H16FNO.Ni/c2*1-12(20-15-9-7-14(19)8-10-15)16-11-6-13-4-2-3-5-17(13)18(16)21;/h2*2-5,7-10,21H,6,11H2,1H3;/q;;+2/p-2. The minimum Gasteiger partial charge on any atom is -0.872 e. The number of hydrogen-bond donors (Lipinski definition) is 0. The van der Waals surface area contributed by atoms with Gasteiger partial charge in [-0.2, -0.15) is 0 Å². The molecule has 4 nitrogen and oxygen atoms in total. The predicted octanol–water partition coefficient (Wildman–Crippen LogP) is 7.27. The number of rotatable bonds is 4. The Kier molecular flexibility index (Phi) is 10.4. The first kappa shape index (κ1) is 31.6. The Morgan fingerprint density at radius 2 is 0.884 bits per heavy atom. The molecule has 4 aromatic rings. The van der Waals surface area contributed by atoms with Crippen LogP contribution in [0.1, 0.15) is 48.9 Å². The molecule has 4 aromatic carbocycles. The summed E-state index contributed by atoms with van der Waals surface area (Å²) in [4.78, 5) is 8.88. The van der Waals surface area contributed by atoms with Gasteiger partial charge in [0.1, 0.15) is 11.6 Å². The first-order valence-corrected chi connectivity index (χ1v) is 13.9. The Labute approximate surface area is 260 Å². The second-order valence-electron chi connectivity index (χ2n) is 10.3.